The van der Waals surface area contributed by atoms with Gasteiger partial charge in [-0.05, 0) is 17.7 Å². The first kappa shape index (κ1) is 16.5. The zero-order valence-electron chi connectivity index (χ0n) is 13.0. The van der Waals surface area contributed by atoms with Crippen LogP contribution in [0.3, 0.4) is 0 Å². The minimum Gasteiger partial charge on any atom is -0.279 e. The number of benzene rings is 2. The number of aromatic nitrogens is 2. The fraction of sp³-hybridized carbons (Fsp3) is 0.118. The summed E-state index contributed by atoms with van der Waals surface area (Å²) >= 11 is 5.83. The third-order valence-corrected chi connectivity index (χ3v) is 5.02. The highest BCUT2D eigenvalue weighted by atomic mass is 35.5. The molecule has 2 aromatic carbocycles. The van der Waals surface area contributed by atoms with E-state index in [1.165, 1.54) is 6.20 Å². The van der Waals surface area contributed by atoms with Crippen LogP contribution in [0.25, 0.3) is 11.3 Å². The van der Waals surface area contributed by atoms with Crippen molar-refractivity contribution in [1.29, 1.82) is 0 Å². The number of rotatable bonds is 5. The van der Waals surface area contributed by atoms with Gasteiger partial charge < -0.3 is 0 Å². The van der Waals surface area contributed by atoms with Gasteiger partial charge in [0.25, 0.3) is 0 Å². The average Bonchev–Trinajstić information content (AvgIpc) is 2.90. The zero-order valence-corrected chi connectivity index (χ0v) is 14.6. The molecule has 7 heteroatoms. The van der Waals surface area contributed by atoms with Crippen molar-refractivity contribution in [2.75, 3.05) is 4.72 Å². The minimum atomic E-state index is -3.56. The SMILES string of the molecule is Cn1ncc(NS(=O)(=O)Cc2ccc(Cl)cc2)c1-c1ccccc1. The molecule has 0 spiro atoms. The molecule has 0 radical (unpaired) electrons. The van der Waals surface area contributed by atoms with Gasteiger partial charge in [-0.3, -0.25) is 9.40 Å². The topological polar surface area (TPSA) is 64.0 Å². The summed E-state index contributed by atoms with van der Waals surface area (Å²) in [4.78, 5) is 0. The molecule has 0 fully saturated rings. The van der Waals surface area contributed by atoms with Gasteiger partial charge in [-0.1, -0.05) is 54.1 Å². The second-order valence-electron chi connectivity index (χ2n) is 5.38. The lowest BCUT2D eigenvalue weighted by molar-refractivity contribution is 0.600. The Morgan fingerprint density at radius 1 is 1.08 bits per heavy atom. The summed E-state index contributed by atoms with van der Waals surface area (Å²) in [5.74, 6) is -0.132. The van der Waals surface area contributed by atoms with Crippen molar-refractivity contribution in [3.05, 3.63) is 71.4 Å². The molecule has 3 aromatic rings. The number of sulfonamides is 1. The lowest BCUT2D eigenvalue weighted by atomic mass is 10.1. The molecule has 1 N–H and O–H groups in total. The van der Waals surface area contributed by atoms with Crippen LogP contribution in [0, 0.1) is 0 Å². The van der Waals surface area contributed by atoms with Gasteiger partial charge in [0.15, 0.2) is 0 Å². The molecule has 0 atom stereocenters. The van der Waals surface area contributed by atoms with Crippen molar-refractivity contribution in [3.63, 3.8) is 0 Å². The van der Waals surface area contributed by atoms with E-state index < -0.39 is 10.0 Å². The summed E-state index contributed by atoms with van der Waals surface area (Å²) in [7, 11) is -1.79. The van der Waals surface area contributed by atoms with Crippen LogP contribution >= 0.6 is 11.6 Å². The average molecular weight is 362 g/mol. The molecule has 0 aliphatic rings. The normalized spacial score (nSPS) is 11.4. The Morgan fingerprint density at radius 3 is 2.42 bits per heavy atom. The van der Waals surface area contributed by atoms with Gasteiger partial charge in [-0.25, -0.2) is 8.42 Å². The second-order valence-corrected chi connectivity index (χ2v) is 7.54. The van der Waals surface area contributed by atoms with Crippen LogP contribution < -0.4 is 4.72 Å². The predicted molar refractivity (Wildman–Crippen MR) is 96.3 cm³/mol. The Bertz CT molecular complexity index is 936. The van der Waals surface area contributed by atoms with E-state index in [0.29, 0.717) is 16.3 Å². The molecule has 0 bridgehead atoms. The van der Waals surface area contributed by atoms with Crippen molar-refractivity contribution < 1.29 is 8.42 Å². The van der Waals surface area contributed by atoms with E-state index in [1.54, 1.807) is 36.0 Å². The van der Waals surface area contributed by atoms with Gasteiger partial charge in [0, 0.05) is 17.6 Å². The molecule has 24 heavy (non-hydrogen) atoms. The molecule has 3 rings (SSSR count). The van der Waals surface area contributed by atoms with Crippen LogP contribution in [0.5, 0.6) is 0 Å². The largest absolute Gasteiger partial charge is 0.279 e. The van der Waals surface area contributed by atoms with Crippen LogP contribution in [0.1, 0.15) is 5.56 Å². The summed E-state index contributed by atoms with van der Waals surface area (Å²) in [5.41, 5.74) is 2.73. The van der Waals surface area contributed by atoms with Crippen molar-refractivity contribution in [3.8, 4) is 11.3 Å². The molecule has 1 aromatic heterocycles. The maximum absolute atomic E-state index is 12.5. The Labute approximate surface area is 145 Å². The van der Waals surface area contributed by atoms with Crippen molar-refractivity contribution in [2.45, 2.75) is 5.75 Å². The first-order chi connectivity index (χ1) is 11.4. The number of anilines is 1. The fourth-order valence-corrected chi connectivity index (χ4v) is 3.77. The van der Waals surface area contributed by atoms with Gasteiger partial charge in [0.1, 0.15) is 0 Å². The summed E-state index contributed by atoms with van der Waals surface area (Å²) in [6.45, 7) is 0. The third-order valence-electron chi connectivity index (χ3n) is 3.52. The predicted octanol–water partition coefficient (Wildman–Crippen LogP) is 3.68. The van der Waals surface area contributed by atoms with Crippen LogP contribution in [-0.4, -0.2) is 18.2 Å². The molecule has 0 aliphatic carbocycles. The molecule has 0 unspecified atom stereocenters. The molecule has 0 saturated heterocycles. The summed E-state index contributed by atoms with van der Waals surface area (Å²) in [5, 5.41) is 4.74. The number of hydrogen-bond acceptors (Lipinski definition) is 3. The number of nitrogens with one attached hydrogen (secondary N) is 1. The maximum atomic E-state index is 12.5. The third kappa shape index (κ3) is 3.77. The van der Waals surface area contributed by atoms with Gasteiger partial charge in [-0.2, -0.15) is 5.10 Å². The number of nitrogens with zero attached hydrogens (tertiary/aromatic N) is 2. The van der Waals surface area contributed by atoms with Crippen LogP contribution in [0.4, 0.5) is 5.69 Å². The lowest BCUT2D eigenvalue weighted by Gasteiger charge is -2.10. The Morgan fingerprint density at radius 2 is 1.75 bits per heavy atom. The first-order valence-electron chi connectivity index (χ1n) is 7.27. The second kappa shape index (κ2) is 6.67. The molecular weight excluding hydrogens is 346 g/mol. The quantitative estimate of drug-likeness (QED) is 0.753. The van der Waals surface area contributed by atoms with E-state index in [4.69, 9.17) is 11.6 Å². The monoisotopic (exact) mass is 361 g/mol. The standard InChI is InChI=1S/C17H16ClN3O2S/c1-21-17(14-5-3-2-4-6-14)16(11-19-21)20-24(22,23)12-13-7-9-15(18)10-8-13/h2-11,20H,12H2,1H3. The Hall–Kier alpha value is -2.31. The molecule has 0 aliphatic heterocycles. The van der Waals surface area contributed by atoms with E-state index in [9.17, 15) is 8.42 Å². The summed E-state index contributed by atoms with van der Waals surface area (Å²) < 4.78 is 29.2. The zero-order chi connectivity index (χ0) is 17.2. The highest BCUT2D eigenvalue weighted by molar-refractivity contribution is 7.91. The van der Waals surface area contributed by atoms with Crippen molar-refractivity contribution in [1.82, 2.24) is 9.78 Å². The molecule has 5 nitrogen and oxygen atoms in total. The molecule has 124 valence electrons. The molecular formula is C17H16ClN3O2S. The summed E-state index contributed by atoms with van der Waals surface area (Å²) in [6, 6.07) is 16.3. The Balaban J connectivity index is 1.87. The molecule has 0 saturated carbocycles. The number of hydrogen-bond donors (Lipinski definition) is 1. The van der Waals surface area contributed by atoms with Gasteiger partial charge in [0.2, 0.25) is 10.0 Å². The van der Waals surface area contributed by atoms with Crippen LogP contribution in [0.2, 0.25) is 5.02 Å². The highest BCUT2D eigenvalue weighted by Crippen LogP contribution is 2.28. The summed E-state index contributed by atoms with van der Waals surface area (Å²) in [6.07, 6.45) is 1.52. The van der Waals surface area contributed by atoms with E-state index in [0.717, 1.165) is 11.3 Å². The fourth-order valence-electron chi connectivity index (χ4n) is 2.45. The van der Waals surface area contributed by atoms with Crippen LogP contribution in [-0.2, 0) is 22.8 Å². The van der Waals surface area contributed by atoms with E-state index >= 15 is 0 Å². The van der Waals surface area contributed by atoms with E-state index in [1.807, 2.05) is 30.3 Å². The van der Waals surface area contributed by atoms with Crippen molar-refractivity contribution >= 4 is 27.3 Å². The smallest absolute Gasteiger partial charge is 0.237 e. The molecule has 0 amide bonds. The van der Waals surface area contributed by atoms with E-state index in [-0.39, 0.29) is 5.75 Å². The first-order valence-corrected chi connectivity index (χ1v) is 9.30. The van der Waals surface area contributed by atoms with Gasteiger partial charge >= 0.3 is 0 Å². The lowest BCUT2D eigenvalue weighted by Crippen LogP contribution is -2.15. The minimum absolute atomic E-state index is 0.132. The van der Waals surface area contributed by atoms with Gasteiger partial charge in [-0.15, -0.1) is 0 Å². The number of aryl methyl sites for hydroxylation is 1. The van der Waals surface area contributed by atoms with Crippen LogP contribution in [0.15, 0.2) is 60.8 Å². The van der Waals surface area contributed by atoms with Gasteiger partial charge in [0.05, 0.1) is 23.3 Å². The van der Waals surface area contributed by atoms with E-state index in [2.05, 4.69) is 9.82 Å². The highest BCUT2D eigenvalue weighted by Gasteiger charge is 2.17. The van der Waals surface area contributed by atoms with Crippen molar-refractivity contribution in [2.24, 2.45) is 7.05 Å². The molecule has 1 heterocycles. The number of halogens is 1. The Kier molecular flexibility index (Phi) is 4.59. The maximum Gasteiger partial charge on any atom is 0.237 e.